The van der Waals surface area contributed by atoms with Gasteiger partial charge in [0.2, 0.25) is 5.91 Å². The molecule has 0 aromatic carbocycles. The third-order valence-corrected chi connectivity index (χ3v) is 4.61. The number of halogens is 1. The topological polar surface area (TPSA) is 29.1 Å². The Hall–Kier alpha value is -0.240. The number of hydrogen-bond donors (Lipinski definition) is 1. The van der Waals surface area contributed by atoms with Crippen molar-refractivity contribution in [1.29, 1.82) is 0 Å². The molecule has 0 spiro atoms. The van der Waals surface area contributed by atoms with Crippen LogP contribution >= 0.6 is 11.6 Å². The Balaban J connectivity index is 1.75. The van der Waals surface area contributed by atoms with Gasteiger partial charge in [0.15, 0.2) is 0 Å². The Kier molecular flexibility index (Phi) is 3.78. The molecule has 0 heterocycles. The van der Waals surface area contributed by atoms with Gasteiger partial charge in [-0.15, -0.1) is 11.6 Å². The van der Waals surface area contributed by atoms with E-state index in [1.165, 1.54) is 25.7 Å². The van der Waals surface area contributed by atoms with Crippen molar-refractivity contribution in [3.63, 3.8) is 0 Å². The monoisotopic (exact) mass is 243 g/mol. The van der Waals surface area contributed by atoms with Crippen molar-refractivity contribution in [2.75, 3.05) is 12.4 Å². The zero-order valence-corrected chi connectivity index (χ0v) is 10.9. The van der Waals surface area contributed by atoms with Gasteiger partial charge in [-0.3, -0.25) is 4.79 Å². The van der Waals surface area contributed by atoms with Crippen molar-refractivity contribution in [3.05, 3.63) is 0 Å². The molecule has 2 fully saturated rings. The van der Waals surface area contributed by atoms with Gasteiger partial charge in [0.25, 0.3) is 0 Å². The summed E-state index contributed by atoms with van der Waals surface area (Å²) >= 11 is 5.78. The van der Waals surface area contributed by atoms with Crippen LogP contribution < -0.4 is 5.32 Å². The minimum absolute atomic E-state index is 0.270. The number of alkyl halides is 1. The smallest absolute Gasteiger partial charge is 0.223 e. The summed E-state index contributed by atoms with van der Waals surface area (Å²) in [6.45, 7) is 3.05. The van der Waals surface area contributed by atoms with Crippen LogP contribution in [-0.2, 0) is 4.79 Å². The van der Waals surface area contributed by atoms with Crippen molar-refractivity contribution in [1.82, 2.24) is 5.32 Å². The standard InChI is InChI=1S/C13H22ClNO/c1-10-3-2-4-11(10)12(16)15-9-13(5-6-13)7-8-14/h10-11H,2-9H2,1H3,(H,15,16). The van der Waals surface area contributed by atoms with Crippen LogP contribution in [0.1, 0.15) is 45.4 Å². The molecule has 0 aromatic heterocycles. The van der Waals surface area contributed by atoms with E-state index in [0.29, 0.717) is 11.3 Å². The molecule has 3 heteroatoms. The summed E-state index contributed by atoms with van der Waals surface area (Å²) in [5.41, 5.74) is 0.360. The first-order valence-corrected chi connectivity index (χ1v) is 7.04. The number of hydrogen-bond acceptors (Lipinski definition) is 1. The Morgan fingerprint density at radius 1 is 1.44 bits per heavy atom. The van der Waals surface area contributed by atoms with Gasteiger partial charge in [-0.1, -0.05) is 13.3 Å². The molecule has 0 radical (unpaired) electrons. The molecule has 2 aliphatic carbocycles. The molecule has 2 atom stereocenters. The van der Waals surface area contributed by atoms with Crippen molar-refractivity contribution in [2.45, 2.75) is 45.4 Å². The number of carbonyl (C=O) groups excluding carboxylic acids is 1. The molecule has 0 aromatic rings. The highest BCUT2D eigenvalue weighted by Crippen LogP contribution is 2.48. The lowest BCUT2D eigenvalue weighted by Gasteiger charge is -2.19. The molecule has 2 aliphatic rings. The molecule has 0 aliphatic heterocycles. The van der Waals surface area contributed by atoms with Crippen LogP contribution in [0.25, 0.3) is 0 Å². The average Bonchev–Trinajstić information content (AvgIpc) is 2.89. The number of nitrogens with one attached hydrogen (secondary N) is 1. The van der Waals surface area contributed by atoms with Crippen molar-refractivity contribution < 1.29 is 4.79 Å². The van der Waals surface area contributed by atoms with Gasteiger partial charge in [-0.2, -0.15) is 0 Å². The molecule has 0 saturated heterocycles. The molecule has 2 unspecified atom stereocenters. The summed E-state index contributed by atoms with van der Waals surface area (Å²) in [6, 6.07) is 0. The van der Waals surface area contributed by atoms with E-state index >= 15 is 0 Å². The summed E-state index contributed by atoms with van der Waals surface area (Å²) in [7, 11) is 0. The number of rotatable bonds is 5. The maximum atomic E-state index is 12.0. The Bertz CT molecular complexity index is 263. The van der Waals surface area contributed by atoms with Crippen LogP contribution in [0.4, 0.5) is 0 Å². The predicted molar refractivity (Wildman–Crippen MR) is 66.5 cm³/mol. The molecule has 2 nitrogen and oxygen atoms in total. The fraction of sp³-hybridized carbons (Fsp3) is 0.923. The van der Waals surface area contributed by atoms with Crippen LogP contribution in [0, 0.1) is 17.3 Å². The highest BCUT2D eigenvalue weighted by Gasteiger charge is 2.42. The molecular formula is C13H22ClNO. The van der Waals surface area contributed by atoms with Gasteiger partial charge >= 0.3 is 0 Å². The van der Waals surface area contributed by atoms with Crippen molar-refractivity contribution >= 4 is 17.5 Å². The fourth-order valence-electron chi connectivity index (χ4n) is 2.83. The Morgan fingerprint density at radius 3 is 2.69 bits per heavy atom. The highest BCUT2D eigenvalue weighted by molar-refractivity contribution is 6.17. The second-order valence-corrected chi connectivity index (χ2v) is 6.05. The third kappa shape index (κ3) is 2.71. The Morgan fingerprint density at radius 2 is 2.19 bits per heavy atom. The first kappa shape index (κ1) is 12.2. The zero-order chi connectivity index (χ0) is 11.6. The van der Waals surface area contributed by atoms with E-state index in [1.54, 1.807) is 0 Å². The van der Waals surface area contributed by atoms with E-state index in [4.69, 9.17) is 11.6 Å². The summed E-state index contributed by atoms with van der Waals surface area (Å²) in [6.07, 6.45) is 7.03. The summed E-state index contributed by atoms with van der Waals surface area (Å²) in [4.78, 5) is 12.0. The quantitative estimate of drug-likeness (QED) is 0.740. The normalized spacial score (nSPS) is 31.4. The summed E-state index contributed by atoms with van der Waals surface area (Å²) < 4.78 is 0. The van der Waals surface area contributed by atoms with E-state index in [2.05, 4.69) is 12.2 Å². The van der Waals surface area contributed by atoms with E-state index in [0.717, 1.165) is 25.3 Å². The lowest BCUT2D eigenvalue weighted by Crippen LogP contribution is -2.36. The van der Waals surface area contributed by atoms with Crippen LogP contribution in [0.3, 0.4) is 0 Å². The maximum absolute atomic E-state index is 12.0. The third-order valence-electron chi connectivity index (χ3n) is 4.42. The largest absolute Gasteiger partial charge is 0.355 e. The van der Waals surface area contributed by atoms with Gasteiger partial charge in [0, 0.05) is 18.3 Å². The van der Waals surface area contributed by atoms with E-state index in [9.17, 15) is 4.79 Å². The average molecular weight is 244 g/mol. The molecule has 16 heavy (non-hydrogen) atoms. The van der Waals surface area contributed by atoms with Crippen LogP contribution in [-0.4, -0.2) is 18.3 Å². The predicted octanol–water partition coefficient (Wildman–Crippen LogP) is 2.95. The van der Waals surface area contributed by atoms with Crippen LogP contribution in [0.5, 0.6) is 0 Å². The summed E-state index contributed by atoms with van der Waals surface area (Å²) in [5, 5.41) is 3.15. The van der Waals surface area contributed by atoms with E-state index < -0.39 is 0 Å². The lowest BCUT2D eigenvalue weighted by molar-refractivity contribution is -0.126. The van der Waals surface area contributed by atoms with Crippen LogP contribution in [0.2, 0.25) is 0 Å². The molecule has 0 bridgehead atoms. The molecule has 92 valence electrons. The molecule has 1 N–H and O–H groups in total. The van der Waals surface area contributed by atoms with E-state index in [-0.39, 0.29) is 11.8 Å². The van der Waals surface area contributed by atoms with Gasteiger partial charge in [-0.25, -0.2) is 0 Å². The van der Waals surface area contributed by atoms with Gasteiger partial charge in [0.05, 0.1) is 0 Å². The summed E-state index contributed by atoms with van der Waals surface area (Å²) in [5.74, 6) is 1.84. The van der Waals surface area contributed by atoms with Crippen LogP contribution in [0.15, 0.2) is 0 Å². The highest BCUT2D eigenvalue weighted by atomic mass is 35.5. The Labute approximate surface area is 103 Å². The van der Waals surface area contributed by atoms with Crippen molar-refractivity contribution in [3.8, 4) is 0 Å². The molecule has 2 rings (SSSR count). The van der Waals surface area contributed by atoms with Gasteiger partial charge in [-0.05, 0) is 43.4 Å². The first-order chi connectivity index (χ1) is 7.67. The fourth-order valence-corrected chi connectivity index (χ4v) is 3.23. The van der Waals surface area contributed by atoms with Gasteiger partial charge in [0.1, 0.15) is 0 Å². The number of amides is 1. The minimum Gasteiger partial charge on any atom is -0.355 e. The SMILES string of the molecule is CC1CCCC1C(=O)NCC1(CCCl)CC1. The second-order valence-electron chi connectivity index (χ2n) is 5.67. The molecule has 2 saturated carbocycles. The molecular weight excluding hydrogens is 222 g/mol. The van der Waals surface area contributed by atoms with E-state index in [1.807, 2.05) is 0 Å². The first-order valence-electron chi connectivity index (χ1n) is 6.51. The zero-order valence-electron chi connectivity index (χ0n) is 10.1. The maximum Gasteiger partial charge on any atom is 0.223 e. The second kappa shape index (κ2) is 4.95. The van der Waals surface area contributed by atoms with Gasteiger partial charge < -0.3 is 5.32 Å². The lowest BCUT2D eigenvalue weighted by atomic mass is 9.96. The number of carbonyl (C=O) groups is 1. The molecule has 1 amide bonds. The van der Waals surface area contributed by atoms with Crippen molar-refractivity contribution in [2.24, 2.45) is 17.3 Å². The minimum atomic E-state index is 0.270.